The third-order valence-corrected chi connectivity index (χ3v) is 3.28. The molecule has 0 aromatic heterocycles. The zero-order chi connectivity index (χ0) is 14.4. The smallest absolute Gasteiger partial charge is 0.125 e. The summed E-state index contributed by atoms with van der Waals surface area (Å²) in [6.45, 7) is 8.00. The van der Waals surface area contributed by atoms with Crippen molar-refractivity contribution < 1.29 is 4.74 Å². The second-order valence-corrected chi connectivity index (χ2v) is 5.22. The molecule has 2 nitrogen and oxygen atoms in total. The number of rotatable bonds is 6. The van der Waals surface area contributed by atoms with Gasteiger partial charge in [0.05, 0.1) is 6.61 Å². The molecule has 0 unspecified atom stereocenters. The molecule has 2 rings (SSSR count). The molecule has 2 heteroatoms. The quantitative estimate of drug-likeness (QED) is 0.780. The molecule has 0 amide bonds. The summed E-state index contributed by atoms with van der Waals surface area (Å²) in [5.41, 5.74) is 4.89. The molecule has 0 aliphatic carbocycles. The molecule has 0 heterocycles. The van der Waals surface area contributed by atoms with Crippen LogP contribution in [0.5, 0.6) is 5.75 Å². The fourth-order valence-corrected chi connectivity index (χ4v) is 2.43. The van der Waals surface area contributed by atoms with E-state index in [1.165, 1.54) is 16.7 Å². The third kappa shape index (κ3) is 4.02. The fraction of sp³-hybridized carbons (Fsp3) is 0.333. The van der Waals surface area contributed by atoms with Crippen LogP contribution in [0.15, 0.2) is 42.5 Å². The summed E-state index contributed by atoms with van der Waals surface area (Å²) < 4.78 is 5.92. The van der Waals surface area contributed by atoms with Gasteiger partial charge in [0, 0.05) is 12.2 Å². The van der Waals surface area contributed by atoms with E-state index in [0.717, 1.165) is 31.0 Å². The van der Waals surface area contributed by atoms with E-state index in [-0.39, 0.29) is 0 Å². The standard InChI is InChI=1S/C18H23NO/c1-14-12-15(2)18(16(3)13-14)20-11-7-10-19-17-8-5-4-6-9-17/h4-6,8-9,12-13,19H,7,10-11H2,1-3H3. The van der Waals surface area contributed by atoms with Crippen molar-refractivity contribution in [2.45, 2.75) is 27.2 Å². The number of para-hydroxylation sites is 1. The zero-order valence-corrected chi connectivity index (χ0v) is 12.6. The minimum atomic E-state index is 0.741. The molecule has 2 aromatic carbocycles. The minimum Gasteiger partial charge on any atom is -0.493 e. The molecule has 2 aromatic rings. The van der Waals surface area contributed by atoms with Crippen molar-refractivity contribution in [1.29, 1.82) is 0 Å². The van der Waals surface area contributed by atoms with Crippen molar-refractivity contribution in [1.82, 2.24) is 0 Å². The Kier molecular flexibility index (Phi) is 5.05. The summed E-state index contributed by atoms with van der Waals surface area (Å²) in [5, 5.41) is 3.39. The number of ether oxygens (including phenoxy) is 1. The molecule has 0 saturated heterocycles. The first-order chi connectivity index (χ1) is 9.66. The van der Waals surface area contributed by atoms with E-state index >= 15 is 0 Å². The molecule has 1 N–H and O–H groups in total. The summed E-state index contributed by atoms with van der Waals surface area (Å²) in [4.78, 5) is 0. The monoisotopic (exact) mass is 269 g/mol. The Hall–Kier alpha value is -1.96. The van der Waals surface area contributed by atoms with Gasteiger partial charge in [-0.05, 0) is 50.5 Å². The van der Waals surface area contributed by atoms with E-state index < -0.39 is 0 Å². The Bertz CT molecular complexity index is 526. The van der Waals surface area contributed by atoms with Crippen LogP contribution in [-0.4, -0.2) is 13.2 Å². The van der Waals surface area contributed by atoms with Crippen molar-refractivity contribution in [3.8, 4) is 5.75 Å². The van der Waals surface area contributed by atoms with E-state index in [1.54, 1.807) is 0 Å². The summed E-state index contributed by atoms with van der Waals surface area (Å²) in [5.74, 6) is 1.04. The van der Waals surface area contributed by atoms with Gasteiger partial charge >= 0.3 is 0 Å². The first-order valence-electron chi connectivity index (χ1n) is 7.16. The van der Waals surface area contributed by atoms with Crippen molar-refractivity contribution in [3.63, 3.8) is 0 Å². The van der Waals surface area contributed by atoms with Crippen LogP contribution in [-0.2, 0) is 0 Å². The van der Waals surface area contributed by atoms with E-state index in [4.69, 9.17) is 4.74 Å². The van der Waals surface area contributed by atoms with Crippen molar-refractivity contribution >= 4 is 5.69 Å². The van der Waals surface area contributed by atoms with Gasteiger partial charge in [0.25, 0.3) is 0 Å². The lowest BCUT2D eigenvalue weighted by molar-refractivity contribution is 0.311. The van der Waals surface area contributed by atoms with Crippen LogP contribution in [0.2, 0.25) is 0 Å². The SMILES string of the molecule is Cc1cc(C)c(OCCCNc2ccccc2)c(C)c1. The van der Waals surface area contributed by atoms with E-state index in [1.807, 2.05) is 18.2 Å². The third-order valence-electron chi connectivity index (χ3n) is 3.28. The van der Waals surface area contributed by atoms with Gasteiger partial charge in [0.15, 0.2) is 0 Å². The molecular weight excluding hydrogens is 246 g/mol. The number of anilines is 1. The van der Waals surface area contributed by atoms with Gasteiger partial charge < -0.3 is 10.1 Å². The molecule has 0 atom stereocenters. The summed E-state index contributed by atoms with van der Waals surface area (Å²) in [6.07, 6.45) is 0.988. The predicted molar refractivity (Wildman–Crippen MR) is 85.7 cm³/mol. The molecule has 106 valence electrons. The maximum Gasteiger partial charge on any atom is 0.125 e. The van der Waals surface area contributed by atoms with Crippen molar-refractivity contribution in [2.24, 2.45) is 0 Å². The molecule has 0 radical (unpaired) electrons. The van der Waals surface area contributed by atoms with Crippen LogP contribution in [0.25, 0.3) is 0 Å². The van der Waals surface area contributed by atoms with E-state index in [0.29, 0.717) is 0 Å². The lowest BCUT2D eigenvalue weighted by atomic mass is 10.1. The lowest BCUT2D eigenvalue weighted by Crippen LogP contribution is -2.08. The topological polar surface area (TPSA) is 21.3 Å². The molecule has 0 fully saturated rings. The summed E-state index contributed by atoms with van der Waals surface area (Å²) in [7, 11) is 0. The van der Waals surface area contributed by atoms with E-state index in [2.05, 4.69) is 50.4 Å². The van der Waals surface area contributed by atoms with Crippen LogP contribution >= 0.6 is 0 Å². The molecule has 0 saturated carbocycles. The van der Waals surface area contributed by atoms with E-state index in [9.17, 15) is 0 Å². The maximum atomic E-state index is 5.92. The normalized spacial score (nSPS) is 10.3. The second kappa shape index (κ2) is 6.99. The Balaban J connectivity index is 1.76. The Morgan fingerprint density at radius 1 is 0.950 bits per heavy atom. The highest BCUT2D eigenvalue weighted by molar-refractivity contribution is 5.43. The number of hydrogen-bond acceptors (Lipinski definition) is 2. The fourth-order valence-electron chi connectivity index (χ4n) is 2.43. The average Bonchev–Trinajstić information content (AvgIpc) is 2.42. The second-order valence-electron chi connectivity index (χ2n) is 5.22. The Morgan fingerprint density at radius 3 is 2.25 bits per heavy atom. The Morgan fingerprint density at radius 2 is 1.60 bits per heavy atom. The number of nitrogens with one attached hydrogen (secondary N) is 1. The average molecular weight is 269 g/mol. The van der Waals surface area contributed by atoms with Crippen LogP contribution in [0.3, 0.4) is 0 Å². The van der Waals surface area contributed by atoms with Gasteiger partial charge in [0.2, 0.25) is 0 Å². The number of benzene rings is 2. The Labute approximate surface area is 121 Å². The number of aryl methyl sites for hydroxylation is 3. The summed E-state index contributed by atoms with van der Waals surface area (Å²) in [6, 6.07) is 14.6. The molecule has 20 heavy (non-hydrogen) atoms. The highest BCUT2D eigenvalue weighted by atomic mass is 16.5. The van der Waals surface area contributed by atoms with Crippen LogP contribution in [0.4, 0.5) is 5.69 Å². The van der Waals surface area contributed by atoms with Crippen molar-refractivity contribution in [3.05, 3.63) is 59.2 Å². The van der Waals surface area contributed by atoms with Gasteiger partial charge in [-0.3, -0.25) is 0 Å². The predicted octanol–water partition coefficient (Wildman–Crippen LogP) is 4.49. The van der Waals surface area contributed by atoms with Gasteiger partial charge in [-0.25, -0.2) is 0 Å². The highest BCUT2D eigenvalue weighted by Crippen LogP contribution is 2.24. The molecule has 0 aliphatic heterocycles. The molecule has 0 spiro atoms. The van der Waals surface area contributed by atoms with Crippen LogP contribution in [0, 0.1) is 20.8 Å². The largest absolute Gasteiger partial charge is 0.493 e. The summed E-state index contributed by atoms with van der Waals surface area (Å²) >= 11 is 0. The molecule has 0 aliphatic rings. The van der Waals surface area contributed by atoms with Gasteiger partial charge in [-0.1, -0.05) is 35.9 Å². The first kappa shape index (κ1) is 14.4. The van der Waals surface area contributed by atoms with Gasteiger partial charge in [-0.15, -0.1) is 0 Å². The number of hydrogen-bond donors (Lipinski definition) is 1. The van der Waals surface area contributed by atoms with Gasteiger partial charge in [-0.2, -0.15) is 0 Å². The van der Waals surface area contributed by atoms with Crippen molar-refractivity contribution in [2.75, 3.05) is 18.5 Å². The maximum absolute atomic E-state index is 5.92. The molecule has 0 bridgehead atoms. The first-order valence-corrected chi connectivity index (χ1v) is 7.16. The lowest BCUT2D eigenvalue weighted by Gasteiger charge is -2.13. The zero-order valence-electron chi connectivity index (χ0n) is 12.6. The van der Waals surface area contributed by atoms with Crippen LogP contribution in [0.1, 0.15) is 23.1 Å². The minimum absolute atomic E-state index is 0.741. The molecular formula is C18H23NO. The van der Waals surface area contributed by atoms with Crippen LogP contribution < -0.4 is 10.1 Å². The highest BCUT2D eigenvalue weighted by Gasteiger charge is 2.04. The van der Waals surface area contributed by atoms with Gasteiger partial charge in [0.1, 0.15) is 5.75 Å².